The van der Waals surface area contributed by atoms with Crippen molar-refractivity contribution < 1.29 is 18.9 Å². The molecule has 0 unspecified atom stereocenters. The highest BCUT2D eigenvalue weighted by atomic mass is 32.2. The average molecular weight is 306 g/mol. The molecule has 3 N–H and O–H groups in total. The molecule has 2 aromatic carbocycles. The number of hydrogen-bond donors (Lipinski definition) is 1. The van der Waals surface area contributed by atoms with Crippen LogP contribution >= 0.6 is 0 Å². The summed E-state index contributed by atoms with van der Waals surface area (Å²) >= 11 is 0. The van der Waals surface area contributed by atoms with Crippen LogP contribution in [-0.2, 0) is 9.84 Å². The van der Waals surface area contributed by atoms with Crippen LogP contribution in [0.25, 0.3) is 0 Å². The van der Waals surface area contributed by atoms with Gasteiger partial charge in [-0.1, -0.05) is 29.8 Å². The van der Waals surface area contributed by atoms with Crippen LogP contribution in [0.15, 0.2) is 53.4 Å². The summed E-state index contributed by atoms with van der Waals surface area (Å²) in [4.78, 5) is 0.324. The molecule has 2 aromatic rings. The molecule has 0 amide bonds. The zero-order valence-corrected chi connectivity index (χ0v) is 13.1. The van der Waals surface area contributed by atoms with E-state index in [2.05, 4.69) is 5.73 Å². The third kappa shape index (κ3) is 3.25. The second-order valence-corrected chi connectivity index (χ2v) is 7.04. The summed E-state index contributed by atoms with van der Waals surface area (Å²) in [6.07, 6.45) is 0. The molecule has 0 aromatic heterocycles. The monoisotopic (exact) mass is 306 g/mol. The lowest BCUT2D eigenvalue weighted by molar-refractivity contribution is -0.367. The summed E-state index contributed by atoms with van der Waals surface area (Å²) in [5.41, 5.74) is 5.54. The van der Waals surface area contributed by atoms with E-state index in [0.29, 0.717) is 16.2 Å². The van der Waals surface area contributed by atoms with Gasteiger partial charge < -0.3 is 10.5 Å². The fraction of sp³-hybridized carbons (Fsp3) is 0.250. The molecule has 4 nitrogen and oxygen atoms in total. The largest absolute Gasteiger partial charge is 0.497 e. The van der Waals surface area contributed by atoms with Gasteiger partial charge in [0.25, 0.3) is 0 Å². The minimum absolute atomic E-state index is 0.267. The predicted molar refractivity (Wildman–Crippen MR) is 81.9 cm³/mol. The van der Waals surface area contributed by atoms with E-state index in [1.54, 1.807) is 55.6 Å². The van der Waals surface area contributed by atoms with Gasteiger partial charge in [-0.05, 0) is 36.8 Å². The van der Waals surface area contributed by atoms with Crippen LogP contribution in [0.2, 0.25) is 0 Å². The molecule has 0 aliphatic heterocycles. The van der Waals surface area contributed by atoms with Crippen LogP contribution in [0.5, 0.6) is 5.75 Å². The van der Waals surface area contributed by atoms with Gasteiger partial charge in [-0.3, -0.25) is 0 Å². The van der Waals surface area contributed by atoms with Crippen LogP contribution in [0.3, 0.4) is 0 Å². The lowest BCUT2D eigenvalue weighted by Crippen LogP contribution is -2.54. The standard InChI is InChI=1S/C16H19NO3S/c1-12-6-8-15(9-7-12)21(18,19)16(11-17)13-4-3-5-14(10-13)20-2/h3-10,16H,11,17H2,1-2H3/p+1/t16-/m1/s1. The first-order valence-corrected chi connectivity index (χ1v) is 8.27. The average Bonchev–Trinajstić information content (AvgIpc) is 2.48. The zero-order valence-electron chi connectivity index (χ0n) is 12.2. The van der Waals surface area contributed by atoms with Crippen molar-refractivity contribution in [1.82, 2.24) is 0 Å². The van der Waals surface area contributed by atoms with Crippen molar-refractivity contribution in [3.63, 3.8) is 0 Å². The smallest absolute Gasteiger partial charge is 0.190 e. The van der Waals surface area contributed by atoms with Crippen LogP contribution in [0.1, 0.15) is 16.4 Å². The van der Waals surface area contributed by atoms with E-state index < -0.39 is 15.1 Å². The molecule has 0 saturated heterocycles. The van der Waals surface area contributed by atoms with Crippen molar-refractivity contribution in [2.24, 2.45) is 0 Å². The summed E-state index contributed by atoms with van der Waals surface area (Å²) in [6.45, 7) is 2.20. The molecule has 0 aliphatic carbocycles. The molecule has 21 heavy (non-hydrogen) atoms. The number of quaternary nitrogens is 1. The first kappa shape index (κ1) is 15.5. The van der Waals surface area contributed by atoms with Crippen molar-refractivity contribution >= 4 is 9.84 Å². The topological polar surface area (TPSA) is 71.0 Å². The van der Waals surface area contributed by atoms with Gasteiger partial charge >= 0.3 is 0 Å². The fourth-order valence-corrected chi connectivity index (χ4v) is 3.89. The normalized spacial score (nSPS) is 12.9. The second-order valence-electron chi connectivity index (χ2n) is 4.91. The number of ether oxygens (including phenoxy) is 1. The van der Waals surface area contributed by atoms with E-state index in [1.807, 2.05) is 6.92 Å². The van der Waals surface area contributed by atoms with Gasteiger partial charge in [0.1, 0.15) is 11.0 Å². The van der Waals surface area contributed by atoms with Crippen LogP contribution in [-0.4, -0.2) is 22.1 Å². The Hall–Kier alpha value is -1.85. The molecule has 5 heteroatoms. The molecule has 0 heterocycles. The second kappa shape index (κ2) is 6.28. The molecule has 0 bridgehead atoms. The van der Waals surface area contributed by atoms with E-state index in [4.69, 9.17) is 4.74 Å². The number of methoxy groups -OCH3 is 1. The number of benzene rings is 2. The molecule has 2 rings (SSSR count). The molecule has 0 saturated carbocycles. The van der Waals surface area contributed by atoms with Gasteiger partial charge in [-0.15, -0.1) is 0 Å². The lowest BCUT2D eigenvalue weighted by Gasteiger charge is -2.15. The highest BCUT2D eigenvalue weighted by Crippen LogP contribution is 2.29. The molecule has 1 atom stereocenters. The van der Waals surface area contributed by atoms with Crippen molar-refractivity contribution in [1.29, 1.82) is 0 Å². The van der Waals surface area contributed by atoms with Crippen molar-refractivity contribution in [3.05, 3.63) is 59.7 Å². The highest BCUT2D eigenvalue weighted by Gasteiger charge is 2.29. The Morgan fingerprint density at radius 3 is 2.38 bits per heavy atom. The maximum atomic E-state index is 12.8. The van der Waals surface area contributed by atoms with Crippen molar-refractivity contribution in [3.8, 4) is 5.75 Å². The Labute approximate surface area is 125 Å². The van der Waals surface area contributed by atoms with Crippen molar-refractivity contribution in [2.45, 2.75) is 17.1 Å². The molecule has 0 aliphatic rings. The quantitative estimate of drug-likeness (QED) is 0.915. The van der Waals surface area contributed by atoms with E-state index in [-0.39, 0.29) is 6.54 Å². The lowest BCUT2D eigenvalue weighted by atomic mass is 10.1. The van der Waals surface area contributed by atoms with Gasteiger partial charge in [-0.2, -0.15) is 0 Å². The predicted octanol–water partition coefficient (Wildman–Crippen LogP) is 1.76. The Kier molecular flexibility index (Phi) is 4.65. The Balaban J connectivity index is 2.46. The Morgan fingerprint density at radius 2 is 1.81 bits per heavy atom. The SMILES string of the molecule is COc1cccc([C@@H](C[NH3+])S(=O)(=O)c2ccc(C)cc2)c1. The molecule has 112 valence electrons. The molecule has 0 fully saturated rings. The Bertz CT molecular complexity index is 709. The van der Waals surface area contributed by atoms with E-state index in [9.17, 15) is 8.42 Å². The van der Waals surface area contributed by atoms with Crippen molar-refractivity contribution in [2.75, 3.05) is 13.7 Å². The number of rotatable bonds is 5. The Morgan fingerprint density at radius 1 is 1.14 bits per heavy atom. The highest BCUT2D eigenvalue weighted by molar-refractivity contribution is 7.91. The zero-order chi connectivity index (χ0) is 15.5. The van der Waals surface area contributed by atoms with Gasteiger partial charge in [0, 0.05) is 0 Å². The first-order valence-electron chi connectivity index (χ1n) is 6.73. The molecule has 0 spiro atoms. The molecular weight excluding hydrogens is 286 g/mol. The summed E-state index contributed by atoms with van der Waals surface area (Å²) in [6, 6.07) is 14.0. The van der Waals surface area contributed by atoms with E-state index in [0.717, 1.165) is 5.56 Å². The minimum Gasteiger partial charge on any atom is -0.497 e. The minimum atomic E-state index is -3.46. The summed E-state index contributed by atoms with van der Waals surface area (Å²) in [5, 5.41) is -0.671. The summed E-state index contributed by atoms with van der Waals surface area (Å²) < 4.78 is 30.8. The molecule has 0 radical (unpaired) electrons. The third-order valence-corrected chi connectivity index (χ3v) is 5.64. The maximum Gasteiger partial charge on any atom is 0.190 e. The van der Waals surface area contributed by atoms with Crippen LogP contribution in [0, 0.1) is 6.92 Å². The molecular formula is C16H20NO3S+. The number of hydrogen-bond acceptors (Lipinski definition) is 3. The van der Waals surface area contributed by atoms with E-state index >= 15 is 0 Å². The maximum absolute atomic E-state index is 12.8. The van der Waals surface area contributed by atoms with Gasteiger partial charge in [0.2, 0.25) is 0 Å². The van der Waals surface area contributed by atoms with Gasteiger partial charge in [-0.25, -0.2) is 8.42 Å². The summed E-state index contributed by atoms with van der Waals surface area (Å²) in [7, 11) is -1.90. The van der Waals surface area contributed by atoms with Gasteiger partial charge in [0.05, 0.1) is 18.6 Å². The van der Waals surface area contributed by atoms with Crippen LogP contribution < -0.4 is 10.5 Å². The fourth-order valence-electron chi connectivity index (χ4n) is 2.23. The van der Waals surface area contributed by atoms with E-state index in [1.165, 1.54) is 0 Å². The number of sulfone groups is 1. The number of aryl methyl sites for hydroxylation is 1. The van der Waals surface area contributed by atoms with Crippen LogP contribution in [0.4, 0.5) is 0 Å². The first-order chi connectivity index (χ1) is 9.98. The van der Waals surface area contributed by atoms with Gasteiger partial charge in [0.15, 0.2) is 9.84 Å². The summed E-state index contributed by atoms with van der Waals surface area (Å²) in [5.74, 6) is 0.644. The third-order valence-electron chi connectivity index (χ3n) is 3.45.